The maximum atomic E-state index is 12.9. The summed E-state index contributed by atoms with van der Waals surface area (Å²) in [4.78, 5) is 29.2. The first-order chi connectivity index (χ1) is 15.9. The Labute approximate surface area is 196 Å². The molecule has 0 N–H and O–H groups in total. The molecule has 1 saturated heterocycles. The van der Waals surface area contributed by atoms with E-state index in [1.165, 1.54) is 12.7 Å². The first kappa shape index (κ1) is 24.4. The van der Waals surface area contributed by atoms with E-state index < -0.39 is 0 Å². The number of ether oxygens (including phenoxy) is 3. The van der Waals surface area contributed by atoms with Gasteiger partial charge in [-0.2, -0.15) is 0 Å². The Hall–Kier alpha value is -3.22. The van der Waals surface area contributed by atoms with Gasteiger partial charge in [0.15, 0.2) is 0 Å². The van der Waals surface area contributed by atoms with E-state index in [0.717, 1.165) is 24.2 Å². The van der Waals surface area contributed by atoms with Crippen LogP contribution < -0.4 is 14.2 Å². The van der Waals surface area contributed by atoms with E-state index in [4.69, 9.17) is 14.2 Å². The number of carbonyl (C=O) groups is 2. The van der Waals surface area contributed by atoms with Crippen molar-refractivity contribution in [1.82, 2.24) is 9.80 Å². The molecule has 0 bridgehead atoms. The summed E-state index contributed by atoms with van der Waals surface area (Å²) < 4.78 is 16.4. The fourth-order valence-electron chi connectivity index (χ4n) is 3.89. The second-order valence-corrected chi connectivity index (χ2v) is 8.31. The van der Waals surface area contributed by atoms with Crippen LogP contribution in [0.15, 0.2) is 36.4 Å². The van der Waals surface area contributed by atoms with Crippen molar-refractivity contribution in [2.75, 3.05) is 47.0 Å². The van der Waals surface area contributed by atoms with Crippen LogP contribution in [0.1, 0.15) is 40.7 Å². The van der Waals surface area contributed by atoms with Gasteiger partial charge in [-0.15, -0.1) is 0 Å². The molecule has 0 unspecified atom stereocenters. The van der Waals surface area contributed by atoms with E-state index >= 15 is 0 Å². The maximum Gasteiger partial charge on any atom is 0.257 e. The molecule has 178 valence electrons. The second-order valence-electron chi connectivity index (χ2n) is 8.31. The molecular formula is C26H34N2O5. The molecular weight excluding hydrogens is 420 g/mol. The number of benzene rings is 2. The molecule has 33 heavy (non-hydrogen) atoms. The molecule has 1 aliphatic rings. The van der Waals surface area contributed by atoms with E-state index in [1.807, 2.05) is 24.8 Å². The highest BCUT2D eigenvalue weighted by Gasteiger charge is 2.26. The topological polar surface area (TPSA) is 68.3 Å². The molecule has 0 atom stereocenters. The number of piperazine rings is 1. The Kier molecular flexibility index (Phi) is 8.58. The van der Waals surface area contributed by atoms with Crippen molar-refractivity contribution in [3.8, 4) is 17.2 Å². The van der Waals surface area contributed by atoms with Crippen molar-refractivity contribution in [2.24, 2.45) is 0 Å². The summed E-state index contributed by atoms with van der Waals surface area (Å²) in [6.07, 6.45) is 2.11. The van der Waals surface area contributed by atoms with Crippen molar-refractivity contribution >= 4 is 11.8 Å². The zero-order valence-corrected chi connectivity index (χ0v) is 20.1. The second kappa shape index (κ2) is 11.6. The Morgan fingerprint density at radius 2 is 1.58 bits per heavy atom. The number of rotatable bonds is 9. The van der Waals surface area contributed by atoms with Gasteiger partial charge in [0, 0.05) is 38.7 Å². The minimum absolute atomic E-state index is 0.0924. The number of aryl methyl sites for hydroxylation is 2. The fraction of sp³-hybridized carbons (Fsp3) is 0.462. The number of hydrogen-bond acceptors (Lipinski definition) is 5. The minimum Gasteiger partial charge on any atom is -0.497 e. The molecule has 0 saturated carbocycles. The van der Waals surface area contributed by atoms with Crippen molar-refractivity contribution in [1.29, 1.82) is 0 Å². The van der Waals surface area contributed by atoms with Gasteiger partial charge in [0.2, 0.25) is 5.91 Å². The monoisotopic (exact) mass is 454 g/mol. The van der Waals surface area contributed by atoms with Gasteiger partial charge in [0.05, 0.1) is 26.4 Å². The molecule has 7 nitrogen and oxygen atoms in total. The lowest BCUT2D eigenvalue weighted by molar-refractivity contribution is -0.132. The lowest BCUT2D eigenvalue weighted by Gasteiger charge is -2.35. The van der Waals surface area contributed by atoms with Gasteiger partial charge in [-0.1, -0.05) is 12.1 Å². The molecule has 2 amide bonds. The van der Waals surface area contributed by atoms with Crippen molar-refractivity contribution < 1.29 is 23.8 Å². The predicted molar refractivity (Wildman–Crippen MR) is 127 cm³/mol. The lowest BCUT2D eigenvalue weighted by atomic mass is 10.1. The van der Waals surface area contributed by atoms with Crippen molar-refractivity contribution in [3.63, 3.8) is 0 Å². The molecule has 2 aromatic rings. The zero-order valence-electron chi connectivity index (χ0n) is 20.1. The summed E-state index contributed by atoms with van der Waals surface area (Å²) >= 11 is 0. The maximum absolute atomic E-state index is 12.9. The third kappa shape index (κ3) is 6.40. The van der Waals surface area contributed by atoms with Crippen LogP contribution in [0.4, 0.5) is 0 Å². The number of hydrogen-bond donors (Lipinski definition) is 0. The number of methoxy groups -OCH3 is 2. The summed E-state index contributed by atoms with van der Waals surface area (Å²) in [6, 6.07) is 11.3. The fourth-order valence-corrected chi connectivity index (χ4v) is 3.89. The molecule has 1 heterocycles. The highest BCUT2D eigenvalue weighted by molar-refractivity contribution is 5.97. The van der Waals surface area contributed by atoms with E-state index in [2.05, 4.69) is 12.1 Å². The molecule has 0 aromatic heterocycles. The standard InChI is InChI=1S/C26H34N2O5/c1-19-8-9-20(2)23(17-19)33-16-6-5-7-25(29)27-12-14-28(15-13-27)26(30)22-11-10-21(31-3)18-24(22)32-4/h8-11,17-18H,5-7,12-16H2,1-4H3. The van der Waals surface area contributed by atoms with Gasteiger partial charge in [-0.25, -0.2) is 0 Å². The van der Waals surface area contributed by atoms with Gasteiger partial charge in [0.1, 0.15) is 17.2 Å². The Morgan fingerprint density at radius 3 is 2.27 bits per heavy atom. The molecule has 0 aliphatic carbocycles. The normalized spacial score (nSPS) is 13.6. The minimum atomic E-state index is -0.0924. The zero-order chi connectivity index (χ0) is 23.8. The summed E-state index contributed by atoms with van der Waals surface area (Å²) in [5.41, 5.74) is 2.80. The van der Waals surface area contributed by atoms with Crippen LogP contribution in [-0.2, 0) is 4.79 Å². The molecule has 0 radical (unpaired) electrons. The first-order valence-corrected chi connectivity index (χ1v) is 11.4. The number of nitrogens with zero attached hydrogens (tertiary/aromatic N) is 2. The quantitative estimate of drug-likeness (QED) is 0.539. The van der Waals surface area contributed by atoms with Gasteiger partial charge in [0.25, 0.3) is 5.91 Å². The van der Waals surface area contributed by atoms with Crippen LogP contribution in [0.2, 0.25) is 0 Å². The number of unbranched alkanes of at least 4 members (excludes halogenated alkanes) is 1. The largest absolute Gasteiger partial charge is 0.497 e. The lowest BCUT2D eigenvalue weighted by Crippen LogP contribution is -2.50. The van der Waals surface area contributed by atoms with Crippen LogP contribution >= 0.6 is 0 Å². The van der Waals surface area contributed by atoms with Gasteiger partial charge in [-0.05, 0) is 56.0 Å². The Bertz CT molecular complexity index is 967. The summed E-state index contributed by atoms with van der Waals surface area (Å²) in [6.45, 7) is 6.79. The van der Waals surface area contributed by atoms with Crippen molar-refractivity contribution in [3.05, 3.63) is 53.1 Å². The molecule has 3 rings (SSSR count). The molecule has 1 aliphatic heterocycles. The smallest absolute Gasteiger partial charge is 0.257 e. The average molecular weight is 455 g/mol. The van der Waals surface area contributed by atoms with Crippen LogP contribution in [-0.4, -0.2) is 68.6 Å². The summed E-state index contributed by atoms with van der Waals surface area (Å²) in [5.74, 6) is 2.08. The van der Waals surface area contributed by atoms with Gasteiger partial charge in [-0.3, -0.25) is 9.59 Å². The molecule has 2 aromatic carbocycles. The summed E-state index contributed by atoms with van der Waals surface area (Å²) in [5, 5.41) is 0. The summed E-state index contributed by atoms with van der Waals surface area (Å²) in [7, 11) is 3.11. The molecule has 7 heteroatoms. The van der Waals surface area contributed by atoms with Gasteiger partial charge >= 0.3 is 0 Å². The van der Waals surface area contributed by atoms with Crippen LogP contribution in [0.25, 0.3) is 0 Å². The van der Waals surface area contributed by atoms with E-state index in [0.29, 0.717) is 56.3 Å². The predicted octanol–water partition coefficient (Wildman–Crippen LogP) is 3.85. The average Bonchev–Trinajstić information content (AvgIpc) is 2.84. The number of amides is 2. The molecule has 1 fully saturated rings. The number of carbonyl (C=O) groups excluding carboxylic acids is 2. The SMILES string of the molecule is COc1ccc(C(=O)N2CCN(C(=O)CCCCOc3cc(C)ccc3C)CC2)c(OC)c1. The first-order valence-electron chi connectivity index (χ1n) is 11.4. The van der Waals surface area contributed by atoms with Crippen LogP contribution in [0.3, 0.4) is 0 Å². The Morgan fingerprint density at radius 1 is 0.848 bits per heavy atom. The third-order valence-corrected chi connectivity index (χ3v) is 5.94. The van der Waals surface area contributed by atoms with Crippen LogP contribution in [0.5, 0.6) is 17.2 Å². The highest BCUT2D eigenvalue weighted by atomic mass is 16.5. The van der Waals surface area contributed by atoms with Crippen LogP contribution in [0, 0.1) is 13.8 Å². The van der Waals surface area contributed by atoms with E-state index in [-0.39, 0.29) is 11.8 Å². The highest BCUT2D eigenvalue weighted by Crippen LogP contribution is 2.26. The molecule has 0 spiro atoms. The van der Waals surface area contributed by atoms with E-state index in [9.17, 15) is 9.59 Å². The Balaban J connectivity index is 1.41. The van der Waals surface area contributed by atoms with Gasteiger partial charge < -0.3 is 24.0 Å². The van der Waals surface area contributed by atoms with E-state index in [1.54, 1.807) is 30.2 Å². The van der Waals surface area contributed by atoms with Crippen molar-refractivity contribution in [2.45, 2.75) is 33.1 Å². The third-order valence-electron chi connectivity index (χ3n) is 5.94.